The SMILES string of the molecule is CCCNC(Cc1cc(F)cc(Br)c1)CC1(OC)CCC1. The molecule has 1 aromatic rings. The number of ether oxygens (including phenoxy) is 1. The van der Waals surface area contributed by atoms with Gasteiger partial charge in [0.05, 0.1) is 5.60 Å². The van der Waals surface area contributed by atoms with Gasteiger partial charge in [0.2, 0.25) is 0 Å². The number of nitrogens with one attached hydrogen (secondary N) is 1. The molecule has 0 radical (unpaired) electrons. The molecule has 2 nitrogen and oxygen atoms in total. The molecular formula is C17H25BrFNO. The monoisotopic (exact) mass is 357 g/mol. The third-order valence-electron chi connectivity index (χ3n) is 4.40. The van der Waals surface area contributed by atoms with E-state index in [1.54, 1.807) is 6.07 Å². The zero-order chi connectivity index (χ0) is 15.3. The molecule has 0 heterocycles. The molecule has 1 fully saturated rings. The molecule has 1 aliphatic carbocycles. The Bertz CT molecular complexity index is 436. The minimum Gasteiger partial charge on any atom is -0.378 e. The predicted molar refractivity (Wildman–Crippen MR) is 88.1 cm³/mol. The summed E-state index contributed by atoms with van der Waals surface area (Å²) in [4.78, 5) is 0. The Kier molecular flexibility index (Phi) is 6.20. The van der Waals surface area contributed by atoms with Crippen molar-refractivity contribution in [1.82, 2.24) is 5.32 Å². The minimum atomic E-state index is -0.182. The summed E-state index contributed by atoms with van der Waals surface area (Å²) in [5, 5.41) is 3.60. The number of methoxy groups -OCH3 is 1. The highest BCUT2D eigenvalue weighted by Gasteiger charge is 2.38. The first-order chi connectivity index (χ1) is 10.1. The van der Waals surface area contributed by atoms with Crippen molar-refractivity contribution >= 4 is 15.9 Å². The van der Waals surface area contributed by atoms with Crippen molar-refractivity contribution in [3.63, 3.8) is 0 Å². The van der Waals surface area contributed by atoms with Crippen molar-refractivity contribution in [2.45, 2.75) is 57.1 Å². The van der Waals surface area contributed by atoms with E-state index < -0.39 is 0 Å². The maximum Gasteiger partial charge on any atom is 0.124 e. The highest BCUT2D eigenvalue weighted by Crippen LogP contribution is 2.39. The molecule has 1 aromatic carbocycles. The summed E-state index contributed by atoms with van der Waals surface area (Å²) < 4.78 is 20.1. The van der Waals surface area contributed by atoms with Gasteiger partial charge < -0.3 is 10.1 Å². The smallest absolute Gasteiger partial charge is 0.124 e. The van der Waals surface area contributed by atoms with Gasteiger partial charge in [-0.2, -0.15) is 0 Å². The summed E-state index contributed by atoms with van der Waals surface area (Å²) >= 11 is 3.37. The van der Waals surface area contributed by atoms with E-state index in [0.717, 1.165) is 48.7 Å². The molecule has 0 bridgehead atoms. The first-order valence-electron chi connectivity index (χ1n) is 7.80. The van der Waals surface area contributed by atoms with Crippen molar-refractivity contribution in [3.05, 3.63) is 34.1 Å². The van der Waals surface area contributed by atoms with Crippen LogP contribution in [0.4, 0.5) is 4.39 Å². The Hall–Kier alpha value is -0.450. The largest absolute Gasteiger partial charge is 0.378 e. The summed E-state index contributed by atoms with van der Waals surface area (Å²) in [5.41, 5.74) is 1.07. The minimum absolute atomic E-state index is 0.0377. The average Bonchev–Trinajstić information content (AvgIpc) is 2.38. The second kappa shape index (κ2) is 7.70. The normalized spacial score (nSPS) is 18.3. The topological polar surface area (TPSA) is 21.3 Å². The van der Waals surface area contributed by atoms with Crippen LogP contribution in [0.1, 0.15) is 44.6 Å². The molecule has 0 aliphatic heterocycles. The summed E-state index contributed by atoms with van der Waals surface area (Å²) in [5.74, 6) is -0.182. The van der Waals surface area contributed by atoms with Crippen LogP contribution in [-0.2, 0) is 11.2 Å². The number of hydrogen-bond acceptors (Lipinski definition) is 2. The van der Waals surface area contributed by atoms with Gasteiger partial charge in [0.15, 0.2) is 0 Å². The van der Waals surface area contributed by atoms with Gasteiger partial charge in [-0.15, -0.1) is 0 Å². The lowest BCUT2D eigenvalue weighted by Crippen LogP contribution is -2.46. The Morgan fingerprint density at radius 2 is 2.14 bits per heavy atom. The molecule has 0 aromatic heterocycles. The summed E-state index contributed by atoms with van der Waals surface area (Å²) in [7, 11) is 1.81. The quantitative estimate of drug-likeness (QED) is 0.741. The second-order valence-corrected chi connectivity index (χ2v) is 6.99. The van der Waals surface area contributed by atoms with Crippen LogP contribution in [0.3, 0.4) is 0 Å². The number of benzene rings is 1. The van der Waals surface area contributed by atoms with E-state index in [1.165, 1.54) is 12.5 Å². The molecule has 1 unspecified atom stereocenters. The lowest BCUT2D eigenvalue weighted by Gasteiger charge is -2.43. The molecule has 0 spiro atoms. The predicted octanol–water partition coefficient (Wildman–Crippen LogP) is 4.46. The lowest BCUT2D eigenvalue weighted by molar-refractivity contribution is -0.0834. The average molecular weight is 358 g/mol. The van der Waals surface area contributed by atoms with Crippen LogP contribution in [0.25, 0.3) is 0 Å². The molecule has 1 saturated carbocycles. The van der Waals surface area contributed by atoms with Crippen LogP contribution in [-0.4, -0.2) is 25.3 Å². The third kappa shape index (κ3) is 4.76. The van der Waals surface area contributed by atoms with E-state index in [1.807, 2.05) is 13.2 Å². The Labute approximate surface area is 135 Å². The Balaban J connectivity index is 2.04. The van der Waals surface area contributed by atoms with Crippen LogP contribution < -0.4 is 5.32 Å². The van der Waals surface area contributed by atoms with Crippen LogP contribution in [0.2, 0.25) is 0 Å². The molecule has 118 valence electrons. The number of rotatable bonds is 8. The van der Waals surface area contributed by atoms with E-state index in [0.29, 0.717) is 6.04 Å². The molecule has 2 rings (SSSR count). The zero-order valence-corrected chi connectivity index (χ0v) is 14.5. The number of halogens is 2. The Morgan fingerprint density at radius 1 is 1.38 bits per heavy atom. The standard InChI is InChI=1S/C17H25BrFNO/c1-3-7-20-16(12-17(21-2)5-4-6-17)10-13-8-14(18)11-15(19)9-13/h8-9,11,16,20H,3-7,10,12H2,1-2H3. The second-order valence-electron chi connectivity index (χ2n) is 6.08. The first-order valence-corrected chi connectivity index (χ1v) is 8.60. The van der Waals surface area contributed by atoms with Gasteiger partial charge in [-0.25, -0.2) is 4.39 Å². The molecular weight excluding hydrogens is 333 g/mol. The maximum atomic E-state index is 13.5. The molecule has 1 aliphatic rings. The van der Waals surface area contributed by atoms with Gasteiger partial charge in [0.1, 0.15) is 5.82 Å². The number of hydrogen-bond donors (Lipinski definition) is 1. The van der Waals surface area contributed by atoms with Crippen molar-refractivity contribution in [2.24, 2.45) is 0 Å². The van der Waals surface area contributed by atoms with E-state index >= 15 is 0 Å². The zero-order valence-electron chi connectivity index (χ0n) is 12.9. The van der Waals surface area contributed by atoms with Gasteiger partial charge in [0, 0.05) is 17.6 Å². The highest BCUT2D eigenvalue weighted by atomic mass is 79.9. The van der Waals surface area contributed by atoms with Crippen LogP contribution >= 0.6 is 15.9 Å². The van der Waals surface area contributed by atoms with E-state index in [4.69, 9.17) is 4.74 Å². The van der Waals surface area contributed by atoms with E-state index in [9.17, 15) is 4.39 Å². The molecule has 21 heavy (non-hydrogen) atoms. The first kappa shape index (κ1) is 16.9. The summed E-state index contributed by atoms with van der Waals surface area (Å²) in [6.45, 7) is 3.15. The Morgan fingerprint density at radius 3 is 2.67 bits per heavy atom. The van der Waals surface area contributed by atoms with E-state index in [-0.39, 0.29) is 11.4 Å². The molecule has 0 saturated heterocycles. The van der Waals surface area contributed by atoms with Crippen LogP contribution in [0, 0.1) is 5.82 Å². The fourth-order valence-electron chi connectivity index (χ4n) is 3.09. The van der Waals surface area contributed by atoms with Crippen LogP contribution in [0.5, 0.6) is 0 Å². The van der Waals surface area contributed by atoms with Gasteiger partial charge in [-0.1, -0.05) is 22.9 Å². The molecule has 1 N–H and O–H groups in total. The van der Waals surface area contributed by atoms with Crippen molar-refractivity contribution < 1.29 is 9.13 Å². The summed E-state index contributed by atoms with van der Waals surface area (Å²) in [6, 6.07) is 5.47. The van der Waals surface area contributed by atoms with Crippen molar-refractivity contribution in [3.8, 4) is 0 Å². The fraction of sp³-hybridized carbons (Fsp3) is 0.647. The molecule has 4 heteroatoms. The summed E-state index contributed by atoms with van der Waals surface area (Å²) in [6.07, 6.45) is 6.46. The van der Waals surface area contributed by atoms with E-state index in [2.05, 4.69) is 28.2 Å². The van der Waals surface area contributed by atoms with Gasteiger partial charge in [-0.05, 0) is 68.8 Å². The van der Waals surface area contributed by atoms with Crippen LogP contribution in [0.15, 0.2) is 22.7 Å². The van der Waals surface area contributed by atoms with Gasteiger partial charge >= 0.3 is 0 Å². The van der Waals surface area contributed by atoms with Gasteiger partial charge in [0.25, 0.3) is 0 Å². The highest BCUT2D eigenvalue weighted by molar-refractivity contribution is 9.10. The maximum absolute atomic E-state index is 13.5. The van der Waals surface area contributed by atoms with Crippen molar-refractivity contribution in [1.29, 1.82) is 0 Å². The lowest BCUT2D eigenvalue weighted by atomic mass is 9.75. The third-order valence-corrected chi connectivity index (χ3v) is 4.86. The fourth-order valence-corrected chi connectivity index (χ4v) is 3.60. The van der Waals surface area contributed by atoms with Crippen molar-refractivity contribution in [2.75, 3.05) is 13.7 Å². The molecule has 1 atom stereocenters. The van der Waals surface area contributed by atoms with Gasteiger partial charge in [-0.3, -0.25) is 0 Å². The molecule has 0 amide bonds.